The number of ether oxygens (including phenoxy) is 1. The average molecular weight is 297 g/mol. The molecule has 20 heavy (non-hydrogen) atoms. The molecule has 0 radical (unpaired) electrons. The molecule has 1 saturated carbocycles. The van der Waals surface area contributed by atoms with E-state index in [2.05, 4.69) is 17.2 Å². The smallest absolute Gasteiger partial charge is 0.318 e. The molecule has 1 aliphatic carbocycles. The van der Waals surface area contributed by atoms with Gasteiger partial charge in [-0.1, -0.05) is 6.92 Å². The van der Waals surface area contributed by atoms with Gasteiger partial charge < -0.3 is 15.0 Å². The summed E-state index contributed by atoms with van der Waals surface area (Å²) in [6.07, 6.45) is 5.24. The summed E-state index contributed by atoms with van der Waals surface area (Å²) in [7, 11) is 1.65. The van der Waals surface area contributed by atoms with Crippen molar-refractivity contribution in [2.24, 2.45) is 5.92 Å². The highest BCUT2D eigenvalue weighted by molar-refractivity contribution is 7.09. The Labute approximate surface area is 124 Å². The van der Waals surface area contributed by atoms with Crippen molar-refractivity contribution in [1.29, 1.82) is 0 Å². The third kappa shape index (κ3) is 4.45. The van der Waals surface area contributed by atoms with E-state index in [0.29, 0.717) is 31.7 Å². The van der Waals surface area contributed by atoms with Gasteiger partial charge in [0.15, 0.2) is 0 Å². The number of hydrogen-bond donors (Lipinski definition) is 1. The molecule has 0 spiro atoms. The molecule has 1 N–H and O–H groups in total. The number of nitrogens with one attached hydrogen (secondary N) is 1. The van der Waals surface area contributed by atoms with E-state index in [1.54, 1.807) is 29.5 Å². The van der Waals surface area contributed by atoms with Crippen LogP contribution in [0.5, 0.6) is 0 Å². The fourth-order valence-electron chi connectivity index (χ4n) is 2.25. The first kappa shape index (κ1) is 15.3. The molecule has 2 amide bonds. The lowest BCUT2D eigenvalue weighted by atomic mass is 10.1. The van der Waals surface area contributed by atoms with Gasteiger partial charge in [0.1, 0.15) is 5.01 Å². The first-order valence-electron chi connectivity index (χ1n) is 7.17. The maximum atomic E-state index is 12.4. The molecule has 0 aliphatic heterocycles. The van der Waals surface area contributed by atoms with Gasteiger partial charge in [0.2, 0.25) is 0 Å². The molecule has 1 fully saturated rings. The number of methoxy groups -OCH3 is 1. The molecule has 2 rings (SSSR count). The average Bonchev–Trinajstić information content (AvgIpc) is 3.17. The second-order valence-corrected chi connectivity index (χ2v) is 6.12. The van der Waals surface area contributed by atoms with Gasteiger partial charge in [-0.3, -0.25) is 0 Å². The molecule has 0 aromatic carbocycles. The third-order valence-corrected chi connectivity index (χ3v) is 4.37. The second-order valence-electron chi connectivity index (χ2n) is 5.14. The summed E-state index contributed by atoms with van der Waals surface area (Å²) >= 11 is 1.57. The topological polar surface area (TPSA) is 54.5 Å². The predicted molar refractivity (Wildman–Crippen MR) is 79.7 cm³/mol. The zero-order valence-corrected chi connectivity index (χ0v) is 13.0. The van der Waals surface area contributed by atoms with Crippen molar-refractivity contribution in [1.82, 2.24) is 15.2 Å². The molecule has 5 nitrogen and oxygen atoms in total. The number of urea groups is 1. The molecular weight excluding hydrogens is 274 g/mol. The number of rotatable bonds is 8. The standard InChI is InChI=1S/C14H23N3O2S/c1-3-12(11-4-5-11)16-14(18)17(7-8-19-2)10-13-15-6-9-20-13/h6,9,11-12H,3-5,7-8,10H2,1-2H3,(H,16,18). The van der Waals surface area contributed by atoms with E-state index in [0.717, 1.165) is 11.4 Å². The minimum absolute atomic E-state index is 0.00370. The maximum absolute atomic E-state index is 12.4. The molecule has 1 atom stereocenters. The van der Waals surface area contributed by atoms with Crippen molar-refractivity contribution in [3.8, 4) is 0 Å². The normalized spacial score (nSPS) is 15.9. The molecule has 6 heteroatoms. The number of carbonyl (C=O) groups is 1. The van der Waals surface area contributed by atoms with E-state index in [1.807, 2.05) is 5.38 Å². The Morgan fingerprint density at radius 2 is 2.45 bits per heavy atom. The minimum Gasteiger partial charge on any atom is -0.383 e. The third-order valence-electron chi connectivity index (χ3n) is 3.60. The Kier molecular flexibility index (Phi) is 5.79. The minimum atomic E-state index is -0.00370. The van der Waals surface area contributed by atoms with Gasteiger partial charge in [0, 0.05) is 31.3 Å². The van der Waals surface area contributed by atoms with Crippen LogP contribution >= 0.6 is 11.3 Å². The summed E-state index contributed by atoms with van der Waals surface area (Å²) in [5.74, 6) is 0.674. The number of amides is 2. The lowest BCUT2D eigenvalue weighted by molar-refractivity contribution is 0.144. The predicted octanol–water partition coefficient (Wildman–Crippen LogP) is 2.49. The van der Waals surface area contributed by atoms with Crippen LogP contribution in [0, 0.1) is 5.92 Å². The SMILES string of the molecule is CCC(NC(=O)N(CCOC)Cc1nccs1)C1CC1. The molecular formula is C14H23N3O2S. The Morgan fingerprint density at radius 1 is 1.65 bits per heavy atom. The van der Waals surface area contributed by atoms with Crippen LogP contribution < -0.4 is 5.32 Å². The van der Waals surface area contributed by atoms with E-state index < -0.39 is 0 Å². The molecule has 1 aromatic heterocycles. The van der Waals surface area contributed by atoms with E-state index >= 15 is 0 Å². The van der Waals surface area contributed by atoms with Gasteiger partial charge in [-0.25, -0.2) is 9.78 Å². The highest BCUT2D eigenvalue weighted by atomic mass is 32.1. The van der Waals surface area contributed by atoms with Crippen LogP contribution in [0.3, 0.4) is 0 Å². The van der Waals surface area contributed by atoms with E-state index in [-0.39, 0.29) is 6.03 Å². The first-order valence-corrected chi connectivity index (χ1v) is 8.05. The van der Waals surface area contributed by atoms with Crippen LogP contribution in [-0.2, 0) is 11.3 Å². The van der Waals surface area contributed by atoms with Gasteiger partial charge in [0.25, 0.3) is 0 Å². The van der Waals surface area contributed by atoms with Gasteiger partial charge in [-0.05, 0) is 25.2 Å². The lowest BCUT2D eigenvalue weighted by Crippen LogP contribution is -2.46. The van der Waals surface area contributed by atoms with Crippen molar-refractivity contribution in [3.05, 3.63) is 16.6 Å². The lowest BCUT2D eigenvalue weighted by Gasteiger charge is -2.25. The Bertz CT molecular complexity index is 407. The summed E-state index contributed by atoms with van der Waals surface area (Å²) in [6.45, 7) is 3.81. The van der Waals surface area contributed by atoms with Gasteiger partial charge >= 0.3 is 6.03 Å². The van der Waals surface area contributed by atoms with Crippen LogP contribution in [0.25, 0.3) is 0 Å². The van der Waals surface area contributed by atoms with Crippen molar-refractivity contribution in [2.45, 2.75) is 38.8 Å². The highest BCUT2D eigenvalue weighted by Crippen LogP contribution is 2.33. The molecule has 0 bridgehead atoms. The molecule has 1 unspecified atom stereocenters. The zero-order valence-electron chi connectivity index (χ0n) is 12.2. The zero-order chi connectivity index (χ0) is 14.4. The largest absolute Gasteiger partial charge is 0.383 e. The molecule has 112 valence electrons. The number of thiazole rings is 1. The fraction of sp³-hybridized carbons (Fsp3) is 0.714. The summed E-state index contributed by atoms with van der Waals surface area (Å²) in [4.78, 5) is 18.4. The van der Waals surface area contributed by atoms with Crippen molar-refractivity contribution in [3.63, 3.8) is 0 Å². The van der Waals surface area contributed by atoms with Crippen molar-refractivity contribution >= 4 is 17.4 Å². The molecule has 1 aromatic rings. The Hall–Kier alpha value is -1.14. The van der Waals surface area contributed by atoms with E-state index in [9.17, 15) is 4.79 Å². The van der Waals surface area contributed by atoms with Crippen LogP contribution in [0.4, 0.5) is 4.79 Å². The van der Waals surface area contributed by atoms with Crippen LogP contribution in [0.15, 0.2) is 11.6 Å². The number of aromatic nitrogens is 1. The Balaban J connectivity index is 1.91. The van der Waals surface area contributed by atoms with Gasteiger partial charge in [-0.2, -0.15) is 0 Å². The van der Waals surface area contributed by atoms with Gasteiger partial charge in [0.05, 0.1) is 13.2 Å². The monoisotopic (exact) mass is 297 g/mol. The first-order chi connectivity index (χ1) is 9.74. The quantitative estimate of drug-likeness (QED) is 0.802. The molecule has 1 heterocycles. The number of carbonyl (C=O) groups excluding carboxylic acids is 1. The van der Waals surface area contributed by atoms with Crippen LogP contribution in [-0.4, -0.2) is 42.2 Å². The summed E-state index contributed by atoms with van der Waals surface area (Å²) in [5.41, 5.74) is 0. The summed E-state index contributed by atoms with van der Waals surface area (Å²) < 4.78 is 5.09. The van der Waals surface area contributed by atoms with Crippen molar-refractivity contribution in [2.75, 3.05) is 20.3 Å². The fourth-order valence-corrected chi connectivity index (χ4v) is 2.88. The van der Waals surface area contributed by atoms with Crippen LogP contribution in [0.2, 0.25) is 0 Å². The molecule has 0 saturated heterocycles. The summed E-state index contributed by atoms with van der Waals surface area (Å²) in [5, 5.41) is 6.04. The maximum Gasteiger partial charge on any atom is 0.318 e. The van der Waals surface area contributed by atoms with E-state index in [1.165, 1.54) is 12.8 Å². The highest BCUT2D eigenvalue weighted by Gasteiger charge is 2.31. The molecule has 1 aliphatic rings. The van der Waals surface area contributed by atoms with Gasteiger partial charge in [-0.15, -0.1) is 11.3 Å². The number of nitrogens with zero attached hydrogens (tertiary/aromatic N) is 2. The second kappa shape index (κ2) is 7.59. The number of hydrogen-bond acceptors (Lipinski definition) is 4. The van der Waals surface area contributed by atoms with Crippen LogP contribution in [0.1, 0.15) is 31.2 Å². The van der Waals surface area contributed by atoms with Crippen molar-refractivity contribution < 1.29 is 9.53 Å². The Morgan fingerprint density at radius 3 is 3.00 bits per heavy atom. The van der Waals surface area contributed by atoms with E-state index in [4.69, 9.17) is 4.74 Å². The summed E-state index contributed by atoms with van der Waals surface area (Å²) in [6, 6.07) is 0.305.